The molecule has 116 valence electrons. The van der Waals surface area contributed by atoms with Crippen molar-refractivity contribution in [1.82, 2.24) is 10.2 Å². The SMILES string of the molecule is Clc1ccc2c(NCc3ccc4c(c3)OCO4)nnc(Cl)c2c1. The Hall–Kier alpha value is -2.24. The third kappa shape index (κ3) is 2.73. The fourth-order valence-corrected chi connectivity index (χ4v) is 2.83. The summed E-state index contributed by atoms with van der Waals surface area (Å²) in [5, 5.41) is 13.9. The normalized spacial score (nSPS) is 12.6. The fourth-order valence-electron chi connectivity index (χ4n) is 2.46. The van der Waals surface area contributed by atoms with Gasteiger partial charge in [-0.3, -0.25) is 0 Å². The molecule has 5 nitrogen and oxygen atoms in total. The molecule has 4 rings (SSSR count). The largest absolute Gasteiger partial charge is 0.454 e. The molecule has 0 fully saturated rings. The minimum Gasteiger partial charge on any atom is -0.454 e. The molecule has 3 aromatic rings. The molecule has 1 aliphatic rings. The van der Waals surface area contributed by atoms with Crippen molar-refractivity contribution in [3.05, 3.63) is 52.1 Å². The first-order chi connectivity index (χ1) is 11.2. The summed E-state index contributed by atoms with van der Waals surface area (Å²) in [6, 6.07) is 11.3. The van der Waals surface area contributed by atoms with Crippen LogP contribution in [0, 0.1) is 0 Å². The molecule has 7 heteroatoms. The van der Waals surface area contributed by atoms with Crippen LogP contribution < -0.4 is 14.8 Å². The van der Waals surface area contributed by atoms with Crippen molar-refractivity contribution in [2.75, 3.05) is 12.1 Å². The van der Waals surface area contributed by atoms with Crippen molar-refractivity contribution in [2.45, 2.75) is 6.54 Å². The standard InChI is InChI=1S/C16H11Cl2N3O2/c17-10-2-3-11-12(6-10)15(18)20-21-16(11)19-7-9-1-4-13-14(5-9)23-8-22-13/h1-6H,7-8H2,(H,19,21). The van der Waals surface area contributed by atoms with Gasteiger partial charge in [0, 0.05) is 22.3 Å². The lowest BCUT2D eigenvalue weighted by atomic mass is 10.1. The quantitative estimate of drug-likeness (QED) is 0.766. The van der Waals surface area contributed by atoms with Gasteiger partial charge in [-0.05, 0) is 35.9 Å². The number of rotatable bonds is 3. The summed E-state index contributed by atoms with van der Waals surface area (Å²) in [7, 11) is 0. The van der Waals surface area contributed by atoms with Crippen LogP contribution in [0.25, 0.3) is 10.8 Å². The Morgan fingerprint density at radius 2 is 1.83 bits per heavy atom. The van der Waals surface area contributed by atoms with E-state index in [1.54, 1.807) is 12.1 Å². The Morgan fingerprint density at radius 1 is 0.957 bits per heavy atom. The molecular formula is C16H11Cl2N3O2. The first-order valence-electron chi connectivity index (χ1n) is 6.94. The van der Waals surface area contributed by atoms with E-state index in [0.29, 0.717) is 22.5 Å². The summed E-state index contributed by atoms with van der Waals surface area (Å²) in [5.74, 6) is 2.17. The van der Waals surface area contributed by atoms with Crippen LogP contribution in [0.3, 0.4) is 0 Å². The van der Waals surface area contributed by atoms with Crippen molar-refractivity contribution in [2.24, 2.45) is 0 Å². The predicted molar refractivity (Wildman–Crippen MR) is 89.4 cm³/mol. The van der Waals surface area contributed by atoms with Crippen molar-refractivity contribution >= 4 is 39.8 Å². The van der Waals surface area contributed by atoms with Gasteiger partial charge in [-0.1, -0.05) is 29.3 Å². The number of fused-ring (bicyclic) bond motifs is 2. The summed E-state index contributed by atoms with van der Waals surface area (Å²) in [4.78, 5) is 0. The second-order valence-electron chi connectivity index (χ2n) is 5.07. The number of nitrogens with one attached hydrogen (secondary N) is 1. The molecule has 0 radical (unpaired) electrons. The highest BCUT2D eigenvalue weighted by Gasteiger charge is 2.13. The molecule has 1 N–H and O–H groups in total. The Balaban J connectivity index is 1.62. The monoisotopic (exact) mass is 347 g/mol. The van der Waals surface area contributed by atoms with Gasteiger partial charge in [0.15, 0.2) is 22.5 Å². The average molecular weight is 348 g/mol. The highest BCUT2D eigenvalue weighted by molar-refractivity contribution is 6.36. The highest BCUT2D eigenvalue weighted by Crippen LogP contribution is 2.33. The second-order valence-corrected chi connectivity index (χ2v) is 5.86. The zero-order valence-electron chi connectivity index (χ0n) is 11.8. The Labute approximate surface area is 142 Å². The minimum absolute atomic E-state index is 0.264. The fraction of sp³-hybridized carbons (Fsp3) is 0.125. The maximum Gasteiger partial charge on any atom is 0.231 e. The van der Waals surface area contributed by atoms with Crippen molar-refractivity contribution in [3.8, 4) is 11.5 Å². The van der Waals surface area contributed by atoms with E-state index in [2.05, 4.69) is 15.5 Å². The van der Waals surface area contributed by atoms with Crippen molar-refractivity contribution in [1.29, 1.82) is 0 Å². The molecule has 0 amide bonds. The first kappa shape index (κ1) is 14.4. The molecule has 23 heavy (non-hydrogen) atoms. The molecule has 0 unspecified atom stereocenters. The van der Waals surface area contributed by atoms with Gasteiger partial charge in [0.05, 0.1) is 0 Å². The molecule has 0 saturated heterocycles. The van der Waals surface area contributed by atoms with Crippen LogP contribution in [0.1, 0.15) is 5.56 Å². The molecule has 1 aliphatic heterocycles. The number of anilines is 1. The molecule has 0 aliphatic carbocycles. The summed E-state index contributed by atoms with van der Waals surface area (Å²) < 4.78 is 10.7. The molecule has 0 bridgehead atoms. The number of benzene rings is 2. The van der Waals surface area contributed by atoms with E-state index in [1.807, 2.05) is 24.3 Å². The smallest absolute Gasteiger partial charge is 0.231 e. The van der Waals surface area contributed by atoms with Crippen LogP contribution in [0.15, 0.2) is 36.4 Å². The van der Waals surface area contributed by atoms with E-state index < -0.39 is 0 Å². The van der Waals surface area contributed by atoms with Crippen molar-refractivity contribution in [3.63, 3.8) is 0 Å². The van der Waals surface area contributed by atoms with E-state index in [-0.39, 0.29) is 6.79 Å². The van der Waals surface area contributed by atoms with E-state index in [4.69, 9.17) is 32.7 Å². The zero-order chi connectivity index (χ0) is 15.8. The van der Waals surface area contributed by atoms with E-state index in [0.717, 1.165) is 27.8 Å². The molecule has 2 aromatic carbocycles. The second kappa shape index (κ2) is 5.76. The van der Waals surface area contributed by atoms with Crippen LogP contribution in [-0.4, -0.2) is 17.0 Å². The molecule has 0 spiro atoms. The number of hydrogen-bond acceptors (Lipinski definition) is 5. The Morgan fingerprint density at radius 3 is 2.74 bits per heavy atom. The van der Waals surface area contributed by atoms with Gasteiger partial charge >= 0.3 is 0 Å². The molecule has 2 heterocycles. The average Bonchev–Trinajstić information content (AvgIpc) is 3.02. The zero-order valence-corrected chi connectivity index (χ0v) is 13.4. The molecule has 0 saturated carbocycles. The number of nitrogens with zero attached hydrogens (tertiary/aromatic N) is 2. The number of hydrogen-bond donors (Lipinski definition) is 1. The van der Waals surface area contributed by atoms with E-state index >= 15 is 0 Å². The van der Waals surface area contributed by atoms with Crippen molar-refractivity contribution < 1.29 is 9.47 Å². The Kier molecular flexibility index (Phi) is 3.59. The van der Waals surface area contributed by atoms with Gasteiger partial charge < -0.3 is 14.8 Å². The summed E-state index contributed by atoms with van der Waals surface area (Å²) >= 11 is 12.1. The number of ether oxygens (including phenoxy) is 2. The van der Waals surface area contributed by atoms with E-state index in [1.165, 1.54) is 0 Å². The third-order valence-corrected chi connectivity index (χ3v) is 4.11. The third-order valence-electron chi connectivity index (χ3n) is 3.59. The van der Waals surface area contributed by atoms with Crippen LogP contribution in [0.5, 0.6) is 11.5 Å². The molecular weight excluding hydrogens is 337 g/mol. The lowest BCUT2D eigenvalue weighted by molar-refractivity contribution is 0.174. The maximum atomic E-state index is 6.09. The number of halogens is 2. The first-order valence-corrected chi connectivity index (χ1v) is 7.70. The highest BCUT2D eigenvalue weighted by atomic mass is 35.5. The topological polar surface area (TPSA) is 56.3 Å². The van der Waals surface area contributed by atoms with Crippen LogP contribution in [0.2, 0.25) is 10.2 Å². The molecule has 0 atom stereocenters. The van der Waals surface area contributed by atoms with Gasteiger partial charge in [-0.25, -0.2) is 0 Å². The summed E-state index contributed by atoms with van der Waals surface area (Å²) in [6.45, 7) is 0.838. The van der Waals surface area contributed by atoms with Crippen LogP contribution in [-0.2, 0) is 6.54 Å². The minimum atomic E-state index is 0.264. The summed E-state index contributed by atoms with van der Waals surface area (Å²) in [6.07, 6.45) is 0. The van der Waals surface area contributed by atoms with E-state index in [9.17, 15) is 0 Å². The predicted octanol–water partition coefficient (Wildman–Crippen LogP) is 4.28. The van der Waals surface area contributed by atoms with Gasteiger partial charge in [0.2, 0.25) is 6.79 Å². The lowest BCUT2D eigenvalue weighted by Gasteiger charge is -2.09. The number of aromatic nitrogens is 2. The van der Waals surface area contributed by atoms with Gasteiger partial charge in [0.1, 0.15) is 0 Å². The van der Waals surface area contributed by atoms with Gasteiger partial charge in [0.25, 0.3) is 0 Å². The summed E-state index contributed by atoms with van der Waals surface area (Å²) in [5.41, 5.74) is 1.05. The molecule has 1 aromatic heterocycles. The van der Waals surface area contributed by atoms with Gasteiger partial charge in [-0.15, -0.1) is 10.2 Å². The maximum absolute atomic E-state index is 6.09. The van der Waals surface area contributed by atoms with Crippen LogP contribution >= 0.6 is 23.2 Å². The van der Waals surface area contributed by atoms with Crippen LogP contribution in [0.4, 0.5) is 5.82 Å². The Bertz CT molecular complexity index is 902. The van der Waals surface area contributed by atoms with Gasteiger partial charge in [-0.2, -0.15) is 0 Å². The lowest BCUT2D eigenvalue weighted by Crippen LogP contribution is -2.03.